The third-order valence-corrected chi connectivity index (χ3v) is 3.65. The number of para-hydroxylation sites is 1. The summed E-state index contributed by atoms with van der Waals surface area (Å²) in [6.07, 6.45) is 7.32. The van der Waals surface area contributed by atoms with Crippen molar-refractivity contribution in [3.8, 4) is 5.75 Å². The maximum absolute atomic E-state index is 12.3. The van der Waals surface area contributed by atoms with E-state index >= 15 is 0 Å². The molecule has 0 saturated heterocycles. The van der Waals surface area contributed by atoms with Crippen LogP contribution < -0.4 is 15.5 Å². The molecule has 1 saturated carbocycles. The Labute approximate surface area is 133 Å². The van der Waals surface area contributed by atoms with Crippen LogP contribution in [0.2, 0.25) is 0 Å². The van der Waals surface area contributed by atoms with Gasteiger partial charge in [-0.05, 0) is 37.2 Å². The number of thiocarbonyl (C=S) groups is 1. The molecule has 1 fully saturated rings. The lowest BCUT2D eigenvalue weighted by molar-refractivity contribution is -0.0499. The second-order valence-electron chi connectivity index (χ2n) is 5.09. The maximum atomic E-state index is 12.3. The fraction of sp³-hybridized carbons (Fsp3) is 0.467. The molecule has 1 aromatic carbocycles. The van der Waals surface area contributed by atoms with Crippen LogP contribution in [0.15, 0.2) is 29.4 Å². The van der Waals surface area contributed by atoms with E-state index in [1.807, 2.05) is 0 Å². The molecule has 22 heavy (non-hydrogen) atoms. The molecule has 4 nitrogen and oxygen atoms in total. The number of nitrogens with one attached hydrogen (secondary N) is 2. The van der Waals surface area contributed by atoms with Crippen molar-refractivity contribution in [1.29, 1.82) is 0 Å². The Balaban J connectivity index is 1.85. The number of halogens is 2. The standard InChI is InChI=1S/C15H19F2N3OS/c16-14(17)21-13-9-5-4-6-11(13)10-18-20-15(22)19-12-7-2-1-3-8-12/h4-6,9-10,12,14H,1-3,7-8H2,(H2,19,20,22)/b18-10-. The molecule has 1 aromatic rings. The van der Waals surface area contributed by atoms with Gasteiger partial charge < -0.3 is 10.1 Å². The number of hydrogen-bond donors (Lipinski definition) is 2. The number of hydrazone groups is 1. The molecule has 7 heteroatoms. The quantitative estimate of drug-likeness (QED) is 0.494. The molecule has 1 aliphatic rings. The summed E-state index contributed by atoms with van der Waals surface area (Å²) < 4.78 is 29.0. The zero-order chi connectivity index (χ0) is 15.8. The average molecular weight is 327 g/mol. The minimum Gasteiger partial charge on any atom is -0.434 e. The highest BCUT2D eigenvalue weighted by atomic mass is 32.1. The average Bonchev–Trinajstić information content (AvgIpc) is 2.49. The number of rotatable bonds is 5. The second-order valence-corrected chi connectivity index (χ2v) is 5.50. The topological polar surface area (TPSA) is 45.6 Å². The van der Waals surface area contributed by atoms with Crippen LogP contribution in [-0.4, -0.2) is 24.0 Å². The van der Waals surface area contributed by atoms with E-state index in [-0.39, 0.29) is 5.75 Å². The lowest BCUT2D eigenvalue weighted by Gasteiger charge is -2.23. The van der Waals surface area contributed by atoms with Gasteiger partial charge in [-0.25, -0.2) is 0 Å². The summed E-state index contributed by atoms with van der Waals surface area (Å²) in [4.78, 5) is 0. The van der Waals surface area contributed by atoms with Gasteiger partial charge >= 0.3 is 6.61 Å². The summed E-state index contributed by atoms with van der Waals surface area (Å²) in [5.74, 6) is 0.0780. The summed E-state index contributed by atoms with van der Waals surface area (Å²) in [6, 6.07) is 6.83. The first kappa shape index (κ1) is 16.6. The zero-order valence-electron chi connectivity index (χ0n) is 12.1. The van der Waals surface area contributed by atoms with Gasteiger partial charge in [-0.2, -0.15) is 13.9 Å². The van der Waals surface area contributed by atoms with E-state index in [9.17, 15) is 8.78 Å². The molecule has 0 spiro atoms. The fourth-order valence-electron chi connectivity index (χ4n) is 2.42. The fourth-order valence-corrected chi connectivity index (χ4v) is 2.63. The normalized spacial score (nSPS) is 16.0. The molecule has 0 bridgehead atoms. The van der Waals surface area contributed by atoms with E-state index < -0.39 is 6.61 Å². The maximum Gasteiger partial charge on any atom is 0.387 e. The summed E-state index contributed by atoms with van der Waals surface area (Å²) >= 11 is 5.17. The lowest BCUT2D eigenvalue weighted by atomic mass is 9.96. The third-order valence-electron chi connectivity index (χ3n) is 3.45. The van der Waals surface area contributed by atoms with Crippen molar-refractivity contribution >= 4 is 23.5 Å². The Kier molecular flexibility index (Phi) is 6.51. The van der Waals surface area contributed by atoms with E-state index in [1.54, 1.807) is 18.2 Å². The van der Waals surface area contributed by atoms with Gasteiger partial charge in [-0.3, -0.25) is 5.43 Å². The monoisotopic (exact) mass is 327 g/mol. The number of benzene rings is 1. The van der Waals surface area contributed by atoms with E-state index in [4.69, 9.17) is 12.2 Å². The van der Waals surface area contributed by atoms with Gasteiger partial charge in [0.2, 0.25) is 0 Å². The Hall–Kier alpha value is -1.76. The van der Waals surface area contributed by atoms with Crippen LogP contribution in [0.3, 0.4) is 0 Å². The van der Waals surface area contributed by atoms with Crippen molar-refractivity contribution in [2.75, 3.05) is 0 Å². The van der Waals surface area contributed by atoms with Crippen molar-refractivity contribution in [3.63, 3.8) is 0 Å². The molecular formula is C15H19F2N3OS. The van der Waals surface area contributed by atoms with E-state index in [0.29, 0.717) is 16.7 Å². The number of ether oxygens (including phenoxy) is 1. The molecule has 0 atom stereocenters. The molecule has 120 valence electrons. The van der Waals surface area contributed by atoms with Gasteiger partial charge in [0, 0.05) is 11.6 Å². The van der Waals surface area contributed by atoms with E-state index in [2.05, 4.69) is 20.6 Å². The Bertz CT molecular complexity index is 519. The molecule has 0 aliphatic heterocycles. The molecule has 1 aliphatic carbocycles. The van der Waals surface area contributed by atoms with Crippen molar-refractivity contribution in [1.82, 2.24) is 10.7 Å². The highest BCUT2D eigenvalue weighted by Crippen LogP contribution is 2.18. The molecular weight excluding hydrogens is 308 g/mol. The number of alkyl halides is 2. The Morgan fingerprint density at radius 1 is 1.27 bits per heavy atom. The summed E-state index contributed by atoms with van der Waals surface area (Å²) in [5, 5.41) is 7.62. The first-order valence-corrected chi connectivity index (χ1v) is 7.69. The first-order valence-electron chi connectivity index (χ1n) is 7.28. The molecule has 0 aromatic heterocycles. The van der Waals surface area contributed by atoms with Crippen LogP contribution >= 0.6 is 12.2 Å². The molecule has 0 amide bonds. The number of hydrogen-bond acceptors (Lipinski definition) is 3. The molecule has 0 unspecified atom stereocenters. The summed E-state index contributed by atoms with van der Waals surface area (Å²) in [5.41, 5.74) is 3.16. The van der Waals surface area contributed by atoms with Gasteiger partial charge in [0.05, 0.1) is 6.21 Å². The minimum atomic E-state index is -2.86. The molecule has 0 heterocycles. The van der Waals surface area contributed by atoms with Crippen LogP contribution in [0.25, 0.3) is 0 Å². The Morgan fingerprint density at radius 2 is 2.00 bits per heavy atom. The Morgan fingerprint density at radius 3 is 2.73 bits per heavy atom. The van der Waals surface area contributed by atoms with Crippen LogP contribution in [-0.2, 0) is 0 Å². The third kappa shape index (κ3) is 5.55. The largest absolute Gasteiger partial charge is 0.434 e. The smallest absolute Gasteiger partial charge is 0.387 e. The van der Waals surface area contributed by atoms with E-state index in [0.717, 1.165) is 12.8 Å². The molecule has 2 N–H and O–H groups in total. The van der Waals surface area contributed by atoms with Crippen molar-refractivity contribution in [3.05, 3.63) is 29.8 Å². The zero-order valence-corrected chi connectivity index (χ0v) is 12.9. The summed E-state index contributed by atoms with van der Waals surface area (Å²) in [6.45, 7) is -2.86. The SMILES string of the molecule is FC(F)Oc1ccccc1/C=N\NC(=S)NC1CCCCC1. The highest BCUT2D eigenvalue weighted by molar-refractivity contribution is 7.80. The van der Waals surface area contributed by atoms with E-state index in [1.165, 1.54) is 31.5 Å². The number of nitrogens with zero attached hydrogens (tertiary/aromatic N) is 1. The van der Waals surface area contributed by atoms with Crippen LogP contribution in [0.1, 0.15) is 37.7 Å². The van der Waals surface area contributed by atoms with Gasteiger partial charge in [0.1, 0.15) is 5.75 Å². The highest BCUT2D eigenvalue weighted by Gasteiger charge is 2.13. The van der Waals surface area contributed by atoms with Gasteiger partial charge in [-0.1, -0.05) is 31.4 Å². The lowest BCUT2D eigenvalue weighted by Crippen LogP contribution is -2.40. The van der Waals surface area contributed by atoms with Crippen LogP contribution in [0, 0.1) is 0 Å². The second kappa shape index (κ2) is 8.63. The predicted molar refractivity (Wildman–Crippen MR) is 86.4 cm³/mol. The molecule has 2 rings (SSSR count). The van der Waals surface area contributed by atoms with Gasteiger partial charge in [0.15, 0.2) is 5.11 Å². The van der Waals surface area contributed by atoms with Crippen molar-refractivity contribution < 1.29 is 13.5 Å². The first-order chi connectivity index (χ1) is 10.6. The van der Waals surface area contributed by atoms with Gasteiger partial charge in [-0.15, -0.1) is 0 Å². The van der Waals surface area contributed by atoms with Crippen molar-refractivity contribution in [2.24, 2.45) is 5.10 Å². The van der Waals surface area contributed by atoms with Gasteiger partial charge in [0.25, 0.3) is 0 Å². The van der Waals surface area contributed by atoms with Crippen LogP contribution in [0.4, 0.5) is 8.78 Å². The van der Waals surface area contributed by atoms with Crippen LogP contribution in [0.5, 0.6) is 5.75 Å². The van der Waals surface area contributed by atoms with Crippen molar-refractivity contribution in [2.45, 2.75) is 44.8 Å². The summed E-state index contributed by atoms with van der Waals surface area (Å²) in [7, 11) is 0. The predicted octanol–water partition coefficient (Wildman–Crippen LogP) is 3.42. The molecule has 0 radical (unpaired) electrons. The minimum absolute atomic E-state index is 0.0780.